The first-order valence-corrected chi connectivity index (χ1v) is 14.4. The van der Waals surface area contributed by atoms with Crippen molar-refractivity contribution in [2.24, 2.45) is 0 Å². The number of aromatic nitrogens is 2. The van der Waals surface area contributed by atoms with Crippen LogP contribution in [0.1, 0.15) is 0 Å². The Morgan fingerprint density at radius 3 is 1.44 bits per heavy atom. The highest BCUT2D eigenvalue weighted by Crippen LogP contribution is 2.35. The van der Waals surface area contributed by atoms with Crippen LogP contribution in [0, 0.1) is 0 Å². The second kappa shape index (κ2) is 11.0. The minimum absolute atomic E-state index is 0.716. The summed E-state index contributed by atoms with van der Waals surface area (Å²) in [4.78, 5) is 10.0. The molecule has 0 aliphatic heterocycles. The van der Waals surface area contributed by atoms with Crippen LogP contribution in [0.2, 0.25) is 0 Å². The molecule has 0 spiro atoms. The maximum absolute atomic E-state index is 5.01. The Hall–Kier alpha value is -4.86. The van der Waals surface area contributed by atoms with Crippen molar-refractivity contribution in [3.8, 4) is 56.2 Å². The normalized spacial score (nSPS) is 11.0. The monoisotopic (exact) mass is 588 g/mol. The summed E-state index contributed by atoms with van der Waals surface area (Å²) in [6.07, 6.45) is 0. The molecule has 0 amide bonds. The van der Waals surface area contributed by atoms with E-state index in [4.69, 9.17) is 9.97 Å². The number of halogens is 1. The van der Waals surface area contributed by atoms with Gasteiger partial charge in [0.15, 0.2) is 5.82 Å². The SMILES string of the molecule is Brc1ccc(-c2ccc(-c3cc(-c4ccc(-c5ccccc5)cc4)nc(-c4ccccc4)n3)cc2)c2ccccc12. The van der Waals surface area contributed by atoms with Gasteiger partial charge < -0.3 is 0 Å². The standard InChI is InChI=1S/C38H25BrN2/c39-35-24-23-32(33-13-7-8-14-34(33)35)28-17-21-30(22-18-28)37-25-36(40-38(41-37)31-11-5-2-6-12-31)29-19-15-27(16-20-29)26-9-3-1-4-10-26/h1-25H. The van der Waals surface area contributed by atoms with E-state index in [2.05, 4.69) is 143 Å². The van der Waals surface area contributed by atoms with E-state index in [1.54, 1.807) is 0 Å². The molecule has 0 saturated heterocycles. The van der Waals surface area contributed by atoms with Gasteiger partial charge in [0.2, 0.25) is 0 Å². The van der Waals surface area contributed by atoms with E-state index in [1.165, 1.54) is 33.0 Å². The smallest absolute Gasteiger partial charge is 0.160 e. The zero-order valence-corrected chi connectivity index (χ0v) is 23.8. The van der Waals surface area contributed by atoms with Crippen LogP contribution in [0.15, 0.2) is 156 Å². The molecule has 1 heterocycles. The fourth-order valence-electron chi connectivity index (χ4n) is 5.26. The van der Waals surface area contributed by atoms with Crippen molar-refractivity contribution in [2.75, 3.05) is 0 Å². The number of nitrogens with zero attached hydrogens (tertiary/aromatic N) is 2. The Morgan fingerprint density at radius 1 is 0.366 bits per heavy atom. The molecule has 0 atom stereocenters. The lowest BCUT2D eigenvalue weighted by atomic mass is 9.97. The van der Waals surface area contributed by atoms with Gasteiger partial charge in [0, 0.05) is 21.2 Å². The topological polar surface area (TPSA) is 25.8 Å². The zero-order chi connectivity index (χ0) is 27.6. The average molecular weight is 590 g/mol. The van der Waals surface area contributed by atoms with Gasteiger partial charge in [0.25, 0.3) is 0 Å². The molecule has 0 aliphatic rings. The van der Waals surface area contributed by atoms with Crippen molar-refractivity contribution in [3.63, 3.8) is 0 Å². The van der Waals surface area contributed by atoms with E-state index < -0.39 is 0 Å². The highest BCUT2D eigenvalue weighted by molar-refractivity contribution is 9.10. The summed E-state index contributed by atoms with van der Waals surface area (Å²) in [5.74, 6) is 0.716. The Bertz CT molecular complexity index is 1970. The van der Waals surface area contributed by atoms with Crippen molar-refractivity contribution < 1.29 is 0 Å². The largest absolute Gasteiger partial charge is 0.228 e. The second-order valence-corrected chi connectivity index (χ2v) is 10.8. The van der Waals surface area contributed by atoms with Crippen LogP contribution in [0.3, 0.4) is 0 Å². The molecule has 0 unspecified atom stereocenters. The van der Waals surface area contributed by atoms with Gasteiger partial charge in [-0.1, -0.05) is 155 Å². The zero-order valence-electron chi connectivity index (χ0n) is 22.2. The van der Waals surface area contributed by atoms with Crippen LogP contribution in [-0.2, 0) is 0 Å². The van der Waals surface area contributed by atoms with Crippen LogP contribution in [0.25, 0.3) is 66.9 Å². The molecule has 0 saturated carbocycles. The van der Waals surface area contributed by atoms with Gasteiger partial charge in [0.1, 0.15) is 0 Å². The first-order chi connectivity index (χ1) is 20.2. The molecule has 0 N–H and O–H groups in total. The van der Waals surface area contributed by atoms with Crippen molar-refractivity contribution in [3.05, 3.63) is 156 Å². The molecular weight excluding hydrogens is 564 g/mol. The van der Waals surface area contributed by atoms with Crippen molar-refractivity contribution in [1.29, 1.82) is 0 Å². The summed E-state index contributed by atoms with van der Waals surface area (Å²) >= 11 is 3.70. The predicted octanol–water partition coefficient (Wildman–Crippen LogP) is 10.7. The van der Waals surface area contributed by atoms with Gasteiger partial charge >= 0.3 is 0 Å². The van der Waals surface area contributed by atoms with Gasteiger partial charge in [0.05, 0.1) is 11.4 Å². The molecule has 0 fully saturated rings. The molecule has 1 aromatic heterocycles. The summed E-state index contributed by atoms with van der Waals surface area (Å²) in [5.41, 5.74) is 9.67. The summed E-state index contributed by atoms with van der Waals surface area (Å²) in [6.45, 7) is 0. The fraction of sp³-hybridized carbons (Fsp3) is 0. The van der Waals surface area contributed by atoms with E-state index in [9.17, 15) is 0 Å². The Kier molecular flexibility index (Phi) is 6.72. The van der Waals surface area contributed by atoms with Crippen LogP contribution >= 0.6 is 15.9 Å². The quantitative estimate of drug-likeness (QED) is 0.200. The fourth-order valence-corrected chi connectivity index (χ4v) is 5.74. The minimum Gasteiger partial charge on any atom is -0.228 e. The van der Waals surface area contributed by atoms with E-state index in [0.29, 0.717) is 5.82 Å². The van der Waals surface area contributed by atoms with Crippen LogP contribution in [-0.4, -0.2) is 9.97 Å². The highest BCUT2D eigenvalue weighted by atomic mass is 79.9. The number of benzene rings is 6. The molecule has 41 heavy (non-hydrogen) atoms. The molecule has 194 valence electrons. The molecule has 3 heteroatoms. The Balaban J connectivity index is 1.29. The molecule has 6 aromatic carbocycles. The lowest BCUT2D eigenvalue weighted by Gasteiger charge is -2.12. The van der Waals surface area contributed by atoms with E-state index in [0.717, 1.165) is 32.6 Å². The number of hydrogen-bond donors (Lipinski definition) is 0. The van der Waals surface area contributed by atoms with Crippen LogP contribution < -0.4 is 0 Å². The number of rotatable bonds is 5. The Morgan fingerprint density at radius 2 is 0.829 bits per heavy atom. The van der Waals surface area contributed by atoms with E-state index in [-0.39, 0.29) is 0 Å². The molecule has 2 nitrogen and oxygen atoms in total. The minimum atomic E-state index is 0.716. The highest BCUT2D eigenvalue weighted by Gasteiger charge is 2.12. The van der Waals surface area contributed by atoms with Gasteiger partial charge in [-0.15, -0.1) is 0 Å². The van der Waals surface area contributed by atoms with E-state index in [1.807, 2.05) is 24.3 Å². The van der Waals surface area contributed by atoms with Gasteiger partial charge in [-0.05, 0) is 45.2 Å². The number of fused-ring (bicyclic) bond motifs is 1. The third-order valence-corrected chi connectivity index (χ3v) is 8.10. The lowest BCUT2D eigenvalue weighted by molar-refractivity contribution is 1.18. The van der Waals surface area contributed by atoms with Gasteiger partial charge in [-0.2, -0.15) is 0 Å². The third kappa shape index (κ3) is 5.08. The summed E-state index contributed by atoms with van der Waals surface area (Å²) in [6, 6.07) is 52.8. The molecule has 7 aromatic rings. The van der Waals surface area contributed by atoms with Gasteiger partial charge in [-0.3, -0.25) is 0 Å². The molecule has 0 bridgehead atoms. The van der Waals surface area contributed by atoms with Gasteiger partial charge in [-0.25, -0.2) is 9.97 Å². The lowest BCUT2D eigenvalue weighted by Crippen LogP contribution is -1.96. The summed E-state index contributed by atoms with van der Waals surface area (Å²) in [5, 5.41) is 2.43. The number of hydrogen-bond acceptors (Lipinski definition) is 2. The van der Waals surface area contributed by atoms with Crippen LogP contribution in [0.4, 0.5) is 0 Å². The van der Waals surface area contributed by atoms with Crippen LogP contribution in [0.5, 0.6) is 0 Å². The van der Waals surface area contributed by atoms with Crippen molar-refractivity contribution in [1.82, 2.24) is 9.97 Å². The summed E-state index contributed by atoms with van der Waals surface area (Å²) < 4.78 is 1.10. The first-order valence-electron chi connectivity index (χ1n) is 13.6. The molecular formula is C38H25BrN2. The maximum Gasteiger partial charge on any atom is 0.160 e. The maximum atomic E-state index is 5.01. The summed E-state index contributed by atoms with van der Waals surface area (Å²) in [7, 11) is 0. The predicted molar refractivity (Wildman–Crippen MR) is 174 cm³/mol. The molecule has 0 aliphatic carbocycles. The Labute approximate surface area is 248 Å². The molecule has 7 rings (SSSR count). The first kappa shape index (κ1) is 25.1. The van der Waals surface area contributed by atoms with Crippen molar-refractivity contribution in [2.45, 2.75) is 0 Å². The second-order valence-electron chi connectivity index (χ2n) is 9.99. The van der Waals surface area contributed by atoms with Crippen molar-refractivity contribution >= 4 is 26.7 Å². The average Bonchev–Trinajstić information content (AvgIpc) is 3.06. The molecule has 0 radical (unpaired) electrons. The third-order valence-electron chi connectivity index (χ3n) is 7.41. The van der Waals surface area contributed by atoms with E-state index >= 15 is 0 Å².